The van der Waals surface area contributed by atoms with Crippen molar-refractivity contribution in [1.82, 2.24) is 4.90 Å². The zero-order valence-electron chi connectivity index (χ0n) is 13.2. The van der Waals surface area contributed by atoms with Crippen molar-refractivity contribution in [3.8, 4) is 0 Å². The van der Waals surface area contributed by atoms with Gasteiger partial charge in [0, 0.05) is 15.7 Å². The van der Waals surface area contributed by atoms with Crippen LogP contribution in [0.5, 0.6) is 0 Å². The Kier molecular flexibility index (Phi) is 5.53. The molecule has 0 aliphatic carbocycles. The Labute approximate surface area is 161 Å². The Morgan fingerprint density at radius 2 is 1.92 bits per heavy atom. The van der Waals surface area contributed by atoms with Crippen LogP contribution in [0.3, 0.4) is 0 Å². The van der Waals surface area contributed by atoms with Crippen LogP contribution in [-0.4, -0.2) is 28.5 Å². The van der Waals surface area contributed by atoms with Gasteiger partial charge in [-0.2, -0.15) is 0 Å². The van der Waals surface area contributed by atoms with E-state index in [4.69, 9.17) is 0 Å². The average molecular weight is 435 g/mol. The van der Waals surface area contributed by atoms with Gasteiger partial charge in [-0.3, -0.25) is 19.3 Å². The van der Waals surface area contributed by atoms with E-state index in [1.54, 1.807) is 30.3 Å². The highest BCUT2D eigenvalue weighted by Crippen LogP contribution is 2.33. The average Bonchev–Trinajstić information content (AvgIpc) is 2.86. The number of hydrogen-bond donors (Lipinski definition) is 1. The van der Waals surface area contributed by atoms with Crippen molar-refractivity contribution in [1.29, 1.82) is 0 Å². The highest BCUT2D eigenvalue weighted by Gasteiger charge is 2.36. The van der Waals surface area contributed by atoms with Gasteiger partial charge in [0.05, 0.1) is 4.91 Å². The molecule has 1 saturated heterocycles. The molecule has 0 atom stereocenters. The summed E-state index contributed by atoms with van der Waals surface area (Å²) in [5.74, 6) is -1.63. The summed E-state index contributed by atoms with van der Waals surface area (Å²) in [6, 6.07) is 13.0. The number of halogens is 2. The summed E-state index contributed by atoms with van der Waals surface area (Å²) in [5, 5.41) is 2.04. The summed E-state index contributed by atoms with van der Waals surface area (Å²) in [6.07, 6.45) is 1.31. The Hall–Kier alpha value is -2.45. The van der Waals surface area contributed by atoms with Crippen molar-refractivity contribution in [3.63, 3.8) is 0 Å². The molecular weight excluding hydrogens is 423 g/mol. The third-order valence-electron chi connectivity index (χ3n) is 3.48. The maximum absolute atomic E-state index is 13.8. The van der Waals surface area contributed by atoms with E-state index in [0.29, 0.717) is 21.9 Å². The van der Waals surface area contributed by atoms with Gasteiger partial charge in [-0.15, -0.1) is 0 Å². The normalized spacial score (nSPS) is 15.6. The minimum Gasteiger partial charge on any atom is -0.325 e. The van der Waals surface area contributed by atoms with Crippen LogP contribution in [-0.2, 0) is 9.59 Å². The zero-order valence-corrected chi connectivity index (χ0v) is 15.6. The van der Waals surface area contributed by atoms with E-state index in [1.165, 1.54) is 24.3 Å². The minimum absolute atomic E-state index is 0.0690. The van der Waals surface area contributed by atoms with Crippen molar-refractivity contribution in [2.75, 3.05) is 11.9 Å². The SMILES string of the molecule is O=C(CN1C(=O)S/C(=C\c2cc(Br)ccc2F)C1=O)Nc1ccccc1. The molecule has 3 amide bonds. The maximum atomic E-state index is 13.8. The Balaban J connectivity index is 1.73. The molecule has 0 unspecified atom stereocenters. The summed E-state index contributed by atoms with van der Waals surface area (Å²) in [6.45, 7) is -0.405. The second kappa shape index (κ2) is 7.84. The van der Waals surface area contributed by atoms with E-state index < -0.39 is 29.4 Å². The second-order valence-corrected chi connectivity index (χ2v) is 7.26. The number of benzene rings is 2. The van der Waals surface area contributed by atoms with E-state index in [1.807, 2.05) is 0 Å². The molecule has 1 aliphatic rings. The smallest absolute Gasteiger partial charge is 0.294 e. The quantitative estimate of drug-likeness (QED) is 0.729. The number of carbonyl (C=O) groups is 3. The van der Waals surface area contributed by atoms with Gasteiger partial charge in [0.1, 0.15) is 12.4 Å². The van der Waals surface area contributed by atoms with Crippen LogP contribution >= 0.6 is 27.7 Å². The first kappa shape index (κ1) is 18.3. The van der Waals surface area contributed by atoms with Crippen LogP contribution in [0.1, 0.15) is 5.56 Å². The molecule has 26 heavy (non-hydrogen) atoms. The molecule has 3 rings (SSSR count). The molecule has 0 radical (unpaired) electrons. The van der Waals surface area contributed by atoms with Gasteiger partial charge in [-0.25, -0.2) is 4.39 Å². The molecule has 1 N–H and O–H groups in total. The van der Waals surface area contributed by atoms with Gasteiger partial charge >= 0.3 is 0 Å². The summed E-state index contributed by atoms with van der Waals surface area (Å²) in [7, 11) is 0. The van der Waals surface area contributed by atoms with Crippen molar-refractivity contribution in [3.05, 3.63) is 69.3 Å². The number of anilines is 1. The van der Waals surface area contributed by atoms with Gasteiger partial charge < -0.3 is 5.32 Å². The van der Waals surface area contributed by atoms with Crippen molar-refractivity contribution < 1.29 is 18.8 Å². The topological polar surface area (TPSA) is 66.5 Å². The van der Waals surface area contributed by atoms with Gasteiger partial charge in [0.25, 0.3) is 11.1 Å². The first-order chi connectivity index (χ1) is 12.4. The number of amides is 3. The summed E-state index contributed by atoms with van der Waals surface area (Å²) in [5.41, 5.74) is 0.745. The Morgan fingerprint density at radius 3 is 2.65 bits per heavy atom. The molecule has 132 valence electrons. The predicted octanol–water partition coefficient (Wildman–Crippen LogP) is 4.26. The third-order valence-corrected chi connectivity index (χ3v) is 4.88. The molecule has 1 fully saturated rings. The molecule has 5 nitrogen and oxygen atoms in total. The minimum atomic E-state index is -0.623. The van der Waals surface area contributed by atoms with Gasteiger partial charge in [-0.1, -0.05) is 34.1 Å². The van der Waals surface area contributed by atoms with Gasteiger partial charge in [-0.05, 0) is 48.2 Å². The lowest BCUT2D eigenvalue weighted by molar-refractivity contribution is -0.127. The Bertz CT molecular complexity index is 918. The highest BCUT2D eigenvalue weighted by molar-refractivity contribution is 9.10. The van der Waals surface area contributed by atoms with Gasteiger partial charge in [0.15, 0.2) is 0 Å². The Morgan fingerprint density at radius 1 is 1.19 bits per heavy atom. The number of nitrogens with one attached hydrogen (secondary N) is 1. The number of nitrogens with zero attached hydrogens (tertiary/aromatic N) is 1. The van der Waals surface area contributed by atoms with Crippen LogP contribution in [0.25, 0.3) is 6.08 Å². The number of carbonyl (C=O) groups excluding carboxylic acids is 3. The number of rotatable bonds is 4. The molecule has 1 aliphatic heterocycles. The molecule has 0 bridgehead atoms. The summed E-state index contributed by atoms with van der Waals surface area (Å²) in [4.78, 5) is 37.5. The fraction of sp³-hybridized carbons (Fsp3) is 0.0556. The van der Waals surface area contributed by atoms with E-state index >= 15 is 0 Å². The lowest BCUT2D eigenvalue weighted by atomic mass is 10.2. The van der Waals surface area contributed by atoms with Crippen molar-refractivity contribution in [2.24, 2.45) is 0 Å². The largest absolute Gasteiger partial charge is 0.325 e. The van der Waals surface area contributed by atoms with Crippen LogP contribution in [0, 0.1) is 5.82 Å². The number of hydrogen-bond acceptors (Lipinski definition) is 4. The van der Waals surface area contributed by atoms with E-state index in [9.17, 15) is 18.8 Å². The lowest BCUT2D eigenvalue weighted by Crippen LogP contribution is -2.36. The number of para-hydroxylation sites is 1. The van der Waals surface area contributed by atoms with E-state index in [2.05, 4.69) is 21.2 Å². The van der Waals surface area contributed by atoms with Crippen LogP contribution in [0.2, 0.25) is 0 Å². The molecule has 0 saturated carbocycles. The first-order valence-electron chi connectivity index (χ1n) is 7.49. The second-order valence-electron chi connectivity index (χ2n) is 5.35. The highest BCUT2D eigenvalue weighted by atomic mass is 79.9. The van der Waals surface area contributed by atoms with Crippen LogP contribution in [0.15, 0.2) is 57.9 Å². The lowest BCUT2D eigenvalue weighted by Gasteiger charge is -2.12. The molecule has 2 aromatic rings. The summed E-state index contributed by atoms with van der Waals surface area (Å²) < 4.78 is 14.5. The molecule has 0 aromatic heterocycles. The van der Waals surface area contributed by atoms with Crippen molar-refractivity contribution >= 4 is 56.5 Å². The predicted molar refractivity (Wildman–Crippen MR) is 102 cm³/mol. The summed E-state index contributed by atoms with van der Waals surface area (Å²) >= 11 is 3.91. The van der Waals surface area contributed by atoms with Crippen LogP contribution < -0.4 is 5.32 Å². The van der Waals surface area contributed by atoms with Crippen LogP contribution in [0.4, 0.5) is 14.9 Å². The standard InChI is InChI=1S/C18H12BrFN2O3S/c19-12-6-7-14(20)11(8-12)9-15-17(24)22(18(25)26-15)10-16(23)21-13-4-2-1-3-5-13/h1-9H,10H2,(H,21,23)/b15-9-. The van der Waals surface area contributed by atoms with Gasteiger partial charge in [0.2, 0.25) is 5.91 Å². The fourth-order valence-corrected chi connectivity index (χ4v) is 3.48. The monoisotopic (exact) mass is 434 g/mol. The number of imide groups is 1. The molecule has 2 aromatic carbocycles. The van der Waals surface area contributed by atoms with Crippen molar-refractivity contribution in [2.45, 2.75) is 0 Å². The fourth-order valence-electron chi connectivity index (χ4n) is 2.27. The molecule has 0 spiro atoms. The van der Waals surface area contributed by atoms with E-state index in [0.717, 1.165) is 4.90 Å². The molecular formula is C18H12BrFN2O3S. The maximum Gasteiger partial charge on any atom is 0.294 e. The molecule has 1 heterocycles. The zero-order chi connectivity index (χ0) is 18.7. The van der Waals surface area contributed by atoms with E-state index in [-0.39, 0.29) is 10.5 Å². The number of thioether (sulfide) groups is 1. The molecule has 8 heteroatoms. The first-order valence-corrected chi connectivity index (χ1v) is 9.10. The third kappa shape index (κ3) is 4.20.